The van der Waals surface area contributed by atoms with E-state index in [-0.39, 0.29) is 30.7 Å². The summed E-state index contributed by atoms with van der Waals surface area (Å²) in [6.07, 6.45) is 0.0366. The predicted octanol–water partition coefficient (Wildman–Crippen LogP) is 1.56. The molecule has 1 aliphatic heterocycles. The summed E-state index contributed by atoms with van der Waals surface area (Å²) >= 11 is 0. The Labute approximate surface area is 107 Å². The lowest BCUT2D eigenvalue weighted by molar-refractivity contribution is -0.129. The van der Waals surface area contributed by atoms with Crippen molar-refractivity contribution in [3.63, 3.8) is 0 Å². The van der Waals surface area contributed by atoms with Gasteiger partial charge in [-0.1, -0.05) is 17.7 Å². The minimum Gasteiger partial charge on any atom is -0.491 e. The van der Waals surface area contributed by atoms with Crippen molar-refractivity contribution in [2.75, 3.05) is 13.2 Å². The normalized spacial score (nSPS) is 17.1. The molecule has 1 fully saturated rings. The summed E-state index contributed by atoms with van der Waals surface area (Å²) in [4.78, 5) is 24.3. The smallest absolute Gasteiger partial charge is 0.230 e. The zero-order valence-corrected chi connectivity index (χ0v) is 10.7. The number of aryl methyl sites for hydroxylation is 1. The second kappa shape index (κ2) is 5.21. The van der Waals surface area contributed by atoms with Crippen molar-refractivity contribution in [2.24, 2.45) is 0 Å². The van der Waals surface area contributed by atoms with E-state index >= 15 is 0 Å². The van der Waals surface area contributed by atoms with Crippen molar-refractivity contribution in [3.8, 4) is 5.75 Å². The summed E-state index contributed by atoms with van der Waals surface area (Å²) in [5.41, 5.74) is 1.18. The number of hydrogen-bond donors (Lipinski definition) is 0. The third-order valence-corrected chi connectivity index (χ3v) is 3.06. The average Bonchev–Trinajstić information content (AvgIpc) is 2.67. The van der Waals surface area contributed by atoms with E-state index in [1.807, 2.05) is 38.1 Å². The Hall–Kier alpha value is -1.84. The molecule has 1 aromatic rings. The van der Waals surface area contributed by atoms with Crippen molar-refractivity contribution >= 4 is 11.7 Å². The fourth-order valence-corrected chi connectivity index (χ4v) is 1.95. The SMILES string of the molecule is Cc1ccc(OCC(C)N2CC(=O)CC2=O)cc1. The molecule has 0 radical (unpaired) electrons. The van der Waals surface area contributed by atoms with Crippen LogP contribution in [0.25, 0.3) is 0 Å². The van der Waals surface area contributed by atoms with E-state index in [9.17, 15) is 9.59 Å². The Kier molecular flexibility index (Phi) is 3.65. The van der Waals surface area contributed by atoms with Gasteiger partial charge in [0.15, 0.2) is 5.78 Å². The molecular weight excluding hydrogens is 230 g/mol. The van der Waals surface area contributed by atoms with E-state index in [0.717, 1.165) is 5.75 Å². The van der Waals surface area contributed by atoms with Gasteiger partial charge in [-0.2, -0.15) is 0 Å². The van der Waals surface area contributed by atoms with Crippen molar-refractivity contribution in [1.82, 2.24) is 4.90 Å². The number of hydrogen-bond acceptors (Lipinski definition) is 3. The van der Waals surface area contributed by atoms with Gasteiger partial charge in [0.25, 0.3) is 0 Å². The highest BCUT2D eigenvalue weighted by molar-refractivity contribution is 6.05. The van der Waals surface area contributed by atoms with Crippen LogP contribution in [0.1, 0.15) is 18.9 Å². The Morgan fingerprint density at radius 3 is 2.50 bits per heavy atom. The molecule has 1 amide bonds. The number of likely N-dealkylation sites (tertiary alicyclic amines) is 1. The van der Waals surface area contributed by atoms with Crippen LogP contribution in [0.4, 0.5) is 0 Å². The molecular formula is C14H17NO3. The molecule has 0 saturated carbocycles. The number of carbonyl (C=O) groups excluding carboxylic acids is 2. The standard InChI is InChI=1S/C14H17NO3/c1-10-3-5-13(6-4-10)18-9-11(2)15-8-12(16)7-14(15)17/h3-6,11H,7-9H2,1-2H3. The Morgan fingerprint density at radius 2 is 1.94 bits per heavy atom. The van der Waals surface area contributed by atoms with Gasteiger partial charge in [0.05, 0.1) is 19.0 Å². The van der Waals surface area contributed by atoms with Crippen molar-refractivity contribution in [2.45, 2.75) is 26.3 Å². The fraction of sp³-hybridized carbons (Fsp3) is 0.429. The molecule has 4 nitrogen and oxygen atoms in total. The lowest BCUT2D eigenvalue weighted by Crippen LogP contribution is -2.38. The zero-order valence-electron chi connectivity index (χ0n) is 10.7. The number of benzene rings is 1. The molecule has 1 atom stereocenters. The molecule has 0 bridgehead atoms. The van der Waals surface area contributed by atoms with Crippen molar-refractivity contribution < 1.29 is 14.3 Å². The Balaban J connectivity index is 1.88. The first kappa shape index (κ1) is 12.6. The molecule has 1 heterocycles. The lowest BCUT2D eigenvalue weighted by Gasteiger charge is -2.23. The largest absolute Gasteiger partial charge is 0.491 e. The van der Waals surface area contributed by atoms with Crippen LogP contribution in [0.15, 0.2) is 24.3 Å². The van der Waals surface area contributed by atoms with Gasteiger partial charge in [0, 0.05) is 0 Å². The summed E-state index contributed by atoms with van der Waals surface area (Å²) in [5.74, 6) is 0.674. The van der Waals surface area contributed by atoms with Crippen LogP contribution in [0, 0.1) is 6.92 Å². The molecule has 1 saturated heterocycles. The predicted molar refractivity (Wildman–Crippen MR) is 67.5 cm³/mol. The van der Waals surface area contributed by atoms with E-state index < -0.39 is 0 Å². The molecule has 0 N–H and O–H groups in total. The van der Waals surface area contributed by atoms with Gasteiger partial charge in [0.2, 0.25) is 5.91 Å². The molecule has 1 aliphatic rings. The third kappa shape index (κ3) is 2.88. The number of ketones is 1. The molecule has 18 heavy (non-hydrogen) atoms. The number of ether oxygens (including phenoxy) is 1. The lowest BCUT2D eigenvalue weighted by atomic mass is 10.2. The van der Waals surface area contributed by atoms with Crippen LogP contribution < -0.4 is 4.74 Å². The van der Waals surface area contributed by atoms with Crippen LogP contribution in [0.5, 0.6) is 5.75 Å². The number of amides is 1. The summed E-state index contributed by atoms with van der Waals surface area (Å²) < 4.78 is 5.61. The van der Waals surface area contributed by atoms with Crippen LogP contribution in [-0.4, -0.2) is 35.8 Å². The number of rotatable bonds is 4. The minimum absolute atomic E-state index is 0.0119. The van der Waals surface area contributed by atoms with E-state index in [1.165, 1.54) is 5.56 Å². The summed E-state index contributed by atoms with van der Waals surface area (Å²) in [6.45, 7) is 4.53. The van der Waals surface area contributed by atoms with E-state index in [0.29, 0.717) is 6.61 Å². The first-order chi connectivity index (χ1) is 8.56. The minimum atomic E-state index is -0.0972. The van der Waals surface area contributed by atoms with Gasteiger partial charge >= 0.3 is 0 Å². The zero-order chi connectivity index (χ0) is 13.1. The van der Waals surface area contributed by atoms with Gasteiger partial charge in [0.1, 0.15) is 12.4 Å². The molecule has 4 heteroatoms. The van der Waals surface area contributed by atoms with Crippen molar-refractivity contribution in [3.05, 3.63) is 29.8 Å². The first-order valence-corrected chi connectivity index (χ1v) is 6.07. The molecule has 2 rings (SSSR count). The van der Waals surface area contributed by atoms with Gasteiger partial charge in [-0.25, -0.2) is 0 Å². The average molecular weight is 247 g/mol. The van der Waals surface area contributed by atoms with Crippen LogP contribution >= 0.6 is 0 Å². The molecule has 1 unspecified atom stereocenters. The van der Waals surface area contributed by atoms with Crippen molar-refractivity contribution in [1.29, 1.82) is 0 Å². The van der Waals surface area contributed by atoms with Crippen LogP contribution in [-0.2, 0) is 9.59 Å². The monoisotopic (exact) mass is 247 g/mol. The third-order valence-electron chi connectivity index (χ3n) is 3.06. The first-order valence-electron chi connectivity index (χ1n) is 6.07. The van der Waals surface area contributed by atoms with Crippen LogP contribution in [0.3, 0.4) is 0 Å². The topological polar surface area (TPSA) is 46.6 Å². The van der Waals surface area contributed by atoms with E-state index in [1.54, 1.807) is 4.90 Å². The second-order valence-electron chi connectivity index (χ2n) is 4.71. The number of nitrogens with zero attached hydrogens (tertiary/aromatic N) is 1. The van der Waals surface area contributed by atoms with Crippen LogP contribution in [0.2, 0.25) is 0 Å². The van der Waals surface area contributed by atoms with Gasteiger partial charge in [-0.15, -0.1) is 0 Å². The Bertz CT molecular complexity index is 453. The maximum absolute atomic E-state index is 11.5. The van der Waals surface area contributed by atoms with Gasteiger partial charge < -0.3 is 9.64 Å². The molecule has 0 spiro atoms. The number of carbonyl (C=O) groups is 2. The highest BCUT2D eigenvalue weighted by atomic mass is 16.5. The highest BCUT2D eigenvalue weighted by Crippen LogP contribution is 2.15. The molecule has 96 valence electrons. The molecule has 0 aliphatic carbocycles. The fourth-order valence-electron chi connectivity index (χ4n) is 1.95. The summed E-state index contributed by atoms with van der Waals surface area (Å²) in [7, 11) is 0. The van der Waals surface area contributed by atoms with Gasteiger partial charge in [-0.3, -0.25) is 9.59 Å². The number of Topliss-reactive ketones (excluding diaryl/α,β-unsaturated/α-hetero) is 1. The van der Waals surface area contributed by atoms with E-state index in [4.69, 9.17) is 4.74 Å². The quantitative estimate of drug-likeness (QED) is 0.759. The Morgan fingerprint density at radius 1 is 1.28 bits per heavy atom. The maximum atomic E-state index is 11.5. The van der Waals surface area contributed by atoms with E-state index in [2.05, 4.69) is 0 Å². The molecule has 1 aromatic carbocycles. The molecule has 0 aromatic heterocycles. The highest BCUT2D eigenvalue weighted by Gasteiger charge is 2.31. The summed E-state index contributed by atoms with van der Waals surface area (Å²) in [6, 6.07) is 7.68. The second-order valence-corrected chi connectivity index (χ2v) is 4.71. The summed E-state index contributed by atoms with van der Waals surface area (Å²) in [5, 5.41) is 0. The van der Waals surface area contributed by atoms with Gasteiger partial charge in [-0.05, 0) is 26.0 Å². The maximum Gasteiger partial charge on any atom is 0.230 e.